The summed E-state index contributed by atoms with van der Waals surface area (Å²) in [7, 11) is 0. The smallest absolute Gasteiger partial charge is 0.326 e. The summed E-state index contributed by atoms with van der Waals surface area (Å²) in [4.78, 5) is 23.6. The quantitative estimate of drug-likeness (QED) is 0.847. The summed E-state index contributed by atoms with van der Waals surface area (Å²) in [6, 6.07) is 8.63. The minimum Gasteiger partial charge on any atom is -0.480 e. The molecule has 1 amide bonds. The predicted molar refractivity (Wildman–Crippen MR) is 78.3 cm³/mol. The van der Waals surface area contributed by atoms with Crippen LogP contribution in [0.5, 0.6) is 0 Å². The molecule has 2 aromatic rings. The molecule has 0 aliphatic rings. The zero-order valence-corrected chi connectivity index (χ0v) is 12.3. The van der Waals surface area contributed by atoms with E-state index in [1.807, 2.05) is 30.3 Å². The van der Waals surface area contributed by atoms with Crippen molar-refractivity contribution in [2.75, 3.05) is 0 Å². The zero-order valence-electron chi connectivity index (χ0n) is 11.4. The number of benzene rings is 1. The maximum Gasteiger partial charge on any atom is 0.326 e. The summed E-state index contributed by atoms with van der Waals surface area (Å²) in [6.45, 7) is 1.66. The Morgan fingerprint density at radius 2 is 2.05 bits per heavy atom. The summed E-state index contributed by atoms with van der Waals surface area (Å²) in [5.41, 5.74) is 1.54. The second kappa shape index (κ2) is 6.94. The lowest BCUT2D eigenvalue weighted by molar-refractivity contribution is -0.139. The van der Waals surface area contributed by atoms with Gasteiger partial charge < -0.3 is 10.4 Å². The van der Waals surface area contributed by atoms with E-state index in [4.69, 9.17) is 0 Å². The van der Waals surface area contributed by atoms with Crippen LogP contribution in [-0.4, -0.2) is 32.6 Å². The van der Waals surface area contributed by atoms with Crippen molar-refractivity contribution in [3.63, 3.8) is 0 Å². The average Bonchev–Trinajstić information content (AvgIpc) is 2.90. The number of hydrogen-bond acceptors (Lipinski definition) is 5. The van der Waals surface area contributed by atoms with Crippen LogP contribution in [0.1, 0.15) is 27.3 Å². The Kier molecular flexibility index (Phi) is 4.99. The van der Waals surface area contributed by atoms with Gasteiger partial charge in [-0.15, -0.1) is 5.10 Å². The number of nitrogens with one attached hydrogen (secondary N) is 1. The largest absolute Gasteiger partial charge is 0.480 e. The number of carbonyl (C=O) groups excluding carboxylic acids is 1. The number of amides is 1. The van der Waals surface area contributed by atoms with Crippen molar-refractivity contribution in [1.29, 1.82) is 0 Å². The van der Waals surface area contributed by atoms with Gasteiger partial charge in [0.05, 0.1) is 5.69 Å². The molecule has 0 saturated heterocycles. The maximum absolute atomic E-state index is 12.0. The third-order valence-electron chi connectivity index (χ3n) is 3.03. The third-order valence-corrected chi connectivity index (χ3v) is 3.85. The molecule has 21 heavy (non-hydrogen) atoms. The molecule has 0 spiro atoms. The normalized spacial score (nSPS) is 11.9. The van der Waals surface area contributed by atoms with Gasteiger partial charge in [0.15, 0.2) is 0 Å². The van der Waals surface area contributed by atoms with E-state index >= 15 is 0 Å². The van der Waals surface area contributed by atoms with E-state index < -0.39 is 17.9 Å². The fraction of sp³-hybridized carbons (Fsp3) is 0.286. The van der Waals surface area contributed by atoms with Crippen LogP contribution in [-0.2, 0) is 11.2 Å². The number of aromatic nitrogens is 2. The molecule has 6 nitrogen and oxygen atoms in total. The Bertz CT molecular complexity index is 627. The number of carboxylic acid groups (broad SMARTS) is 1. The summed E-state index contributed by atoms with van der Waals surface area (Å²) in [6.07, 6.45) is 0.911. The van der Waals surface area contributed by atoms with Gasteiger partial charge in [0.2, 0.25) is 0 Å². The lowest BCUT2D eigenvalue weighted by Gasteiger charge is -2.13. The highest BCUT2D eigenvalue weighted by Crippen LogP contribution is 2.11. The summed E-state index contributed by atoms with van der Waals surface area (Å²) >= 11 is 0.960. The Morgan fingerprint density at radius 1 is 1.33 bits per heavy atom. The molecule has 1 heterocycles. The fourth-order valence-corrected chi connectivity index (χ4v) is 2.44. The van der Waals surface area contributed by atoms with Crippen LogP contribution >= 0.6 is 11.5 Å². The number of aryl methyl sites for hydroxylation is 2. The highest BCUT2D eigenvalue weighted by Gasteiger charge is 2.22. The number of nitrogens with zero attached hydrogens (tertiary/aromatic N) is 2. The van der Waals surface area contributed by atoms with Crippen molar-refractivity contribution in [1.82, 2.24) is 14.9 Å². The summed E-state index contributed by atoms with van der Waals surface area (Å²) < 4.78 is 3.67. The van der Waals surface area contributed by atoms with Crippen molar-refractivity contribution in [2.24, 2.45) is 0 Å². The predicted octanol–water partition coefficient (Wildman–Crippen LogP) is 1.66. The first-order valence-electron chi connectivity index (χ1n) is 6.44. The highest BCUT2D eigenvalue weighted by atomic mass is 32.1. The van der Waals surface area contributed by atoms with Crippen molar-refractivity contribution in [2.45, 2.75) is 25.8 Å². The van der Waals surface area contributed by atoms with E-state index in [1.54, 1.807) is 6.92 Å². The molecule has 2 N–H and O–H groups in total. The summed E-state index contributed by atoms with van der Waals surface area (Å²) in [5, 5.41) is 15.5. The van der Waals surface area contributed by atoms with Crippen LogP contribution in [0.4, 0.5) is 0 Å². The molecule has 1 aromatic heterocycles. The summed E-state index contributed by atoms with van der Waals surface area (Å²) in [5.74, 6) is -1.49. The van der Waals surface area contributed by atoms with Crippen LogP contribution in [0, 0.1) is 6.92 Å². The standard InChI is InChI=1S/C14H15N3O3S/c1-9-12(21-17-16-9)13(18)15-11(14(19)20)8-7-10-5-3-2-4-6-10/h2-6,11H,7-8H2,1H3,(H,15,18)(H,19,20)/t11-/m0/s1. The highest BCUT2D eigenvalue weighted by molar-refractivity contribution is 7.08. The monoisotopic (exact) mass is 305 g/mol. The molecule has 0 radical (unpaired) electrons. The van der Waals surface area contributed by atoms with Gasteiger partial charge in [0.25, 0.3) is 5.91 Å². The molecular formula is C14H15N3O3S. The molecule has 0 unspecified atom stereocenters. The molecule has 0 saturated carbocycles. The Labute approximate surface area is 126 Å². The van der Waals surface area contributed by atoms with E-state index in [0.717, 1.165) is 17.1 Å². The van der Waals surface area contributed by atoms with E-state index in [9.17, 15) is 14.7 Å². The minimum atomic E-state index is -1.05. The number of aliphatic carboxylic acids is 1. The van der Waals surface area contributed by atoms with Crippen LogP contribution in [0.2, 0.25) is 0 Å². The first kappa shape index (κ1) is 15.1. The molecule has 1 atom stereocenters. The van der Waals surface area contributed by atoms with Crippen LogP contribution in [0.3, 0.4) is 0 Å². The van der Waals surface area contributed by atoms with Crippen LogP contribution in [0.25, 0.3) is 0 Å². The van der Waals surface area contributed by atoms with Crippen molar-refractivity contribution in [3.8, 4) is 0 Å². The molecule has 0 aliphatic carbocycles. The van der Waals surface area contributed by atoms with Gasteiger partial charge in [-0.2, -0.15) is 0 Å². The Balaban J connectivity index is 1.98. The average molecular weight is 305 g/mol. The van der Waals surface area contributed by atoms with Gasteiger partial charge in [0, 0.05) is 0 Å². The first-order chi connectivity index (χ1) is 10.1. The molecule has 0 bridgehead atoms. The fourth-order valence-electron chi connectivity index (χ4n) is 1.88. The zero-order chi connectivity index (χ0) is 15.2. The van der Waals surface area contributed by atoms with E-state index in [2.05, 4.69) is 14.9 Å². The number of carbonyl (C=O) groups is 2. The molecule has 110 valence electrons. The number of rotatable bonds is 6. The van der Waals surface area contributed by atoms with Gasteiger partial charge in [0.1, 0.15) is 10.9 Å². The van der Waals surface area contributed by atoms with Gasteiger partial charge in [-0.1, -0.05) is 34.8 Å². The lowest BCUT2D eigenvalue weighted by atomic mass is 10.1. The minimum absolute atomic E-state index is 0.330. The van der Waals surface area contributed by atoms with Crippen LogP contribution < -0.4 is 5.32 Å². The molecule has 1 aromatic carbocycles. The van der Waals surface area contributed by atoms with Gasteiger partial charge in [-0.05, 0) is 36.9 Å². The third kappa shape index (κ3) is 4.09. The molecule has 2 rings (SSSR count). The molecule has 0 fully saturated rings. The Hall–Kier alpha value is -2.28. The number of carboxylic acids is 1. The van der Waals surface area contributed by atoms with Crippen molar-refractivity contribution in [3.05, 3.63) is 46.5 Å². The second-order valence-electron chi connectivity index (χ2n) is 4.58. The second-order valence-corrected chi connectivity index (χ2v) is 5.33. The Morgan fingerprint density at radius 3 is 2.62 bits per heavy atom. The SMILES string of the molecule is Cc1nnsc1C(=O)N[C@@H](CCc1ccccc1)C(=O)O. The van der Waals surface area contributed by atoms with E-state index in [1.165, 1.54) is 0 Å². The van der Waals surface area contributed by atoms with E-state index in [-0.39, 0.29) is 0 Å². The molecule has 7 heteroatoms. The van der Waals surface area contributed by atoms with Crippen molar-refractivity contribution >= 4 is 23.4 Å². The van der Waals surface area contributed by atoms with Crippen LogP contribution in [0.15, 0.2) is 30.3 Å². The number of hydrogen-bond donors (Lipinski definition) is 2. The molecular weight excluding hydrogens is 290 g/mol. The van der Waals surface area contributed by atoms with Gasteiger partial charge in [-0.25, -0.2) is 4.79 Å². The van der Waals surface area contributed by atoms with Gasteiger partial charge >= 0.3 is 5.97 Å². The first-order valence-corrected chi connectivity index (χ1v) is 7.22. The van der Waals surface area contributed by atoms with Crippen molar-refractivity contribution < 1.29 is 14.7 Å². The topological polar surface area (TPSA) is 92.2 Å². The maximum atomic E-state index is 12.0. The lowest BCUT2D eigenvalue weighted by Crippen LogP contribution is -2.41. The molecule has 0 aliphatic heterocycles. The van der Waals surface area contributed by atoms with E-state index in [0.29, 0.717) is 23.4 Å². The van der Waals surface area contributed by atoms with Gasteiger partial charge in [-0.3, -0.25) is 4.79 Å².